The Bertz CT molecular complexity index is 3140. The lowest BCUT2D eigenvalue weighted by atomic mass is 9.92. The molecule has 0 spiro atoms. The molecule has 2 N–H and O–H groups in total. The molecular formula is C60H60Cl2N8O8. The number of benzene rings is 4. The van der Waals surface area contributed by atoms with Crippen molar-refractivity contribution < 1.29 is 38.7 Å². The molecule has 0 unspecified atom stereocenters. The number of carbonyl (C=O) groups is 2. The Hall–Kier alpha value is -7.76. The predicted octanol–water partition coefficient (Wildman–Crippen LogP) is 11.6. The molecular weight excluding hydrogens is 1030 g/mol. The second-order valence-corrected chi connectivity index (χ2v) is 20.5. The van der Waals surface area contributed by atoms with Crippen LogP contribution in [0.5, 0.6) is 23.0 Å². The maximum Gasteiger partial charge on any atom is 0.320 e. The molecule has 0 amide bonds. The van der Waals surface area contributed by atoms with E-state index in [2.05, 4.69) is 46.1 Å². The summed E-state index contributed by atoms with van der Waals surface area (Å²) < 4.78 is 29.4. The Balaban J connectivity index is 0.855. The number of aromatic nitrogens is 6. The minimum Gasteiger partial charge on any atom is -0.488 e. The van der Waals surface area contributed by atoms with Crippen LogP contribution in [-0.4, -0.2) is 86.7 Å². The molecule has 402 valence electrons. The Labute approximate surface area is 462 Å². The molecule has 0 radical (unpaired) electrons. The normalized spacial score (nSPS) is 15.9. The number of carboxylic acid groups (broad SMARTS) is 2. The first-order chi connectivity index (χ1) is 37.9. The van der Waals surface area contributed by atoms with E-state index in [-0.39, 0.29) is 26.4 Å². The maximum atomic E-state index is 12.3. The van der Waals surface area contributed by atoms with Gasteiger partial charge in [0.05, 0.1) is 10.0 Å². The van der Waals surface area contributed by atoms with Crippen molar-refractivity contribution in [3.8, 4) is 45.8 Å². The molecule has 0 bridgehead atoms. The zero-order chi connectivity index (χ0) is 54.1. The van der Waals surface area contributed by atoms with Crippen molar-refractivity contribution in [1.82, 2.24) is 39.3 Å². The molecule has 2 saturated heterocycles. The van der Waals surface area contributed by atoms with E-state index in [1.54, 1.807) is 46.3 Å². The van der Waals surface area contributed by atoms with Crippen molar-refractivity contribution in [1.29, 1.82) is 0 Å². The third-order valence-electron chi connectivity index (χ3n) is 14.6. The second kappa shape index (κ2) is 24.7. The fourth-order valence-corrected chi connectivity index (χ4v) is 10.7. The van der Waals surface area contributed by atoms with Crippen molar-refractivity contribution in [2.75, 3.05) is 13.1 Å². The van der Waals surface area contributed by atoms with E-state index >= 15 is 0 Å². The number of hydrogen-bond donors (Lipinski definition) is 2. The van der Waals surface area contributed by atoms with Crippen LogP contribution in [0.1, 0.15) is 83.0 Å². The summed E-state index contributed by atoms with van der Waals surface area (Å²) in [5.74, 6) is 1.63. The molecule has 2 aliphatic rings. The van der Waals surface area contributed by atoms with Gasteiger partial charge in [-0.3, -0.25) is 19.4 Å². The third-order valence-corrected chi connectivity index (χ3v) is 15.2. The minimum absolute atomic E-state index is 0.208. The van der Waals surface area contributed by atoms with Gasteiger partial charge in [-0.2, -0.15) is 10.2 Å². The van der Waals surface area contributed by atoms with E-state index in [9.17, 15) is 19.8 Å². The molecule has 2 fully saturated rings. The van der Waals surface area contributed by atoms with E-state index in [1.165, 1.54) is 0 Å². The van der Waals surface area contributed by atoms with Gasteiger partial charge in [0.15, 0.2) is 11.6 Å². The van der Waals surface area contributed by atoms with Gasteiger partial charge in [0.1, 0.15) is 61.5 Å². The molecule has 4 aromatic heterocycles. The molecule has 8 aromatic rings. The molecule has 4 aromatic carbocycles. The number of carboxylic acids is 2. The van der Waals surface area contributed by atoms with Crippen LogP contribution >= 0.6 is 23.2 Å². The molecule has 18 heteroatoms. The van der Waals surface area contributed by atoms with Gasteiger partial charge in [0.2, 0.25) is 0 Å². The van der Waals surface area contributed by atoms with E-state index in [0.29, 0.717) is 83.7 Å². The summed E-state index contributed by atoms with van der Waals surface area (Å²) in [6.45, 7) is 6.99. The average Bonchev–Trinajstić information content (AvgIpc) is 4.24. The van der Waals surface area contributed by atoms with Crippen LogP contribution in [-0.2, 0) is 49.1 Å². The standard InChI is InChI=1S/C60H60Cl2N8O8/c1-39-43(37-77-55-29-53(75-35-41-17-19-57(63-31-41)69-25-9-21-65-69)45(27-49(55)61)33-67-23-5-3-15-51(67)59(71)72)11-7-13-47(39)48-14-8-12-44(40(48)2)38-78-56-30-54(76-36-42-18-20-58(64-32-42)70-26-10-22-66-70)46(28-50(56)62)34-68-24-6-4-16-52(68)60(73)74/h7-14,17-22,25-32,51-52H,3-6,15-16,23-24,33-38H2,1-2H3,(H,71,72)(H,73,74)/t51-,52-/m0/s1. The predicted molar refractivity (Wildman–Crippen MR) is 296 cm³/mol. The van der Waals surface area contributed by atoms with Crippen LogP contribution in [0.15, 0.2) is 134 Å². The summed E-state index contributed by atoms with van der Waals surface area (Å²) in [5.41, 5.74) is 9.25. The number of hydrogen-bond acceptors (Lipinski definition) is 12. The monoisotopic (exact) mass is 1090 g/mol. The van der Waals surface area contributed by atoms with E-state index in [0.717, 1.165) is 81.3 Å². The topological polar surface area (TPSA) is 179 Å². The molecule has 78 heavy (non-hydrogen) atoms. The Morgan fingerprint density at radius 2 is 0.974 bits per heavy atom. The molecule has 2 aliphatic heterocycles. The Morgan fingerprint density at radius 3 is 1.36 bits per heavy atom. The number of nitrogens with zero attached hydrogens (tertiary/aromatic N) is 8. The Morgan fingerprint density at radius 1 is 0.538 bits per heavy atom. The molecule has 2 atom stereocenters. The van der Waals surface area contributed by atoms with Gasteiger partial charge in [-0.05, 0) is 122 Å². The highest BCUT2D eigenvalue weighted by atomic mass is 35.5. The summed E-state index contributed by atoms with van der Waals surface area (Å²) >= 11 is 14.0. The number of pyridine rings is 2. The van der Waals surface area contributed by atoms with Gasteiger partial charge >= 0.3 is 11.9 Å². The Kier molecular flexibility index (Phi) is 17.0. The summed E-state index contributed by atoms with van der Waals surface area (Å²) in [7, 11) is 0. The largest absolute Gasteiger partial charge is 0.488 e. The number of halogens is 2. The first-order valence-corrected chi connectivity index (χ1v) is 26.9. The number of ether oxygens (including phenoxy) is 4. The van der Waals surface area contributed by atoms with Crippen LogP contribution in [0.2, 0.25) is 10.0 Å². The highest BCUT2D eigenvalue weighted by Gasteiger charge is 2.31. The van der Waals surface area contributed by atoms with Crippen LogP contribution in [0.4, 0.5) is 0 Å². The van der Waals surface area contributed by atoms with Crippen LogP contribution in [0.25, 0.3) is 22.8 Å². The lowest BCUT2D eigenvalue weighted by molar-refractivity contribution is -0.145. The lowest BCUT2D eigenvalue weighted by Crippen LogP contribution is -2.44. The van der Waals surface area contributed by atoms with Crippen molar-refractivity contribution in [2.45, 2.75) is 104 Å². The van der Waals surface area contributed by atoms with E-state index in [4.69, 9.17) is 42.1 Å². The van der Waals surface area contributed by atoms with Crippen LogP contribution < -0.4 is 18.9 Å². The third kappa shape index (κ3) is 12.6. The summed E-state index contributed by atoms with van der Waals surface area (Å²) in [5, 5.41) is 29.5. The van der Waals surface area contributed by atoms with Crippen LogP contribution in [0, 0.1) is 13.8 Å². The summed E-state index contributed by atoms with van der Waals surface area (Å²) in [4.78, 5) is 37.6. The minimum atomic E-state index is -0.839. The number of rotatable bonds is 21. The lowest BCUT2D eigenvalue weighted by Gasteiger charge is -2.33. The fourth-order valence-electron chi connectivity index (χ4n) is 10.2. The fraction of sp³-hybridized carbons (Fsp3) is 0.300. The van der Waals surface area contributed by atoms with Crippen molar-refractivity contribution in [3.05, 3.63) is 189 Å². The van der Waals surface area contributed by atoms with Gasteiger partial charge in [0, 0.05) is 84.7 Å². The molecule has 10 rings (SSSR count). The van der Waals surface area contributed by atoms with Gasteiger partial charge < -0.3 is 29.2 Å². The summed E-state index contributed by atoms with van der Waals surface area (Å²) in [6, 6.07) is 29.6. The van der Waals surface area contributed by atoms with Gasteiger partial charge in [-0.25, -0.2) is 19.3 Å². The zero-order valence-electron chi connectivity index (χ0n) is 43.4. The van der Waals surface area contributed by atoms with Crippen molar-refractivity contribution >= 4 is 35.1 Å². The smallest absolute Gasteiger partial charge is 0.320 e. The first kappa shape index (κ1) is 53.6. The highest BCUT2D eigenvalue weighted by Crippen LogP contribution is 2.39. The summed E-state index contributed by atoms with van der Waals surface area (Å²) in [6.07, 6.45) is 15.2. The van der Waals surface area contributed by atoms with Gasteiger partial charge in [-0.1, -0.05) is 84.6 Å². The molecule has 16 nitrogen and oxygen atoms in total. The maximum absolute atomic E-state index is 12.3. The van der Waals surface area contributed by atoms with Crippen molar-refractivity contribution in [2.24, 2.45) is 0 Å². The average molecular weight is 1090 g/mol. The SMILES string of the molecule is Cc1c(COc2cc(OCc3ccc(-n4cccn4)nc3)c(CN3CCCC[C@H]3C(=O)O)cc2Cl)cccc1-c1cccc(COc2cc(OCc3ccc(-n4cccn4)nc3)c(CN3CCCC[C@H]3C(=O)O)cc2Cl)c1C. The number of piperidine rings is 2. The zero-order valence-corrected chi connectivity index (χ0v) is 44.9. The van der Waals surface area contributed by atoms with Gasteiger partial charge in [0.25, 0.3) is 0 Å². The first-order valence-electron chi connectivity index (χ1n) is 26.1. The molecule has 0 saturated carbocycles. The second-order valence-electron chi connectivity index (χ2n) is 19.7. The highest BCUT2D eigenvalue weighted by molar-refractivity contribution is 6.32. The van der Waals surface area contributed by atoms with E-state index in [1.807, 2.05) is 95.0 Å². The van der Waals surface area contributed by atoms with Crippen LogP contribution in [0.3, 0.4) is 0 Å². The number of likely N-dealkylation sites (tertiary alicyclic amines) is 2. The molecule has 0 aliphatic carbocycles. The molecule has 6 heterocycles. The van der Waals surface area contributed by atoms with E-state index < -0.39 is 24.0 Å². The quantitative estimate of drug-likeness (QED) is 0.0694. The van der Waals surface area contributed by atoms with Crippen molar-refractivity contribution in [3.63, 3.8) is 0 Å². The van der Waals surface area contributed by atoms with Gasteiger partial charge in [-0.15, -0.1) is 0 Å². The number of aliphatic carboxylic acids is 2.